The minimum Gasteiger partial charge on any atom is -0.465 e. The number of fused-ring (bicyclic) bond motifs is 1. The lowest BCUT2D eigenvalue weighted by atomic mass is 9.70. The Morgan fingerprint density at radius 1 is 1.25 bits per heavy atom. The third-order valence-corrected chi connectivity index (χ3v) is 7.66. The number of nitrogens with zero attached hydrogens (tertiary/aromatic N) is 2. The lowest BCUT2D eigenvalue weighted by Gasteiger charge is -2.36. The number of carbonyl (C=O) groups is 3. The number of halogens is 1. The maximum atomic E-state index is 14.1. The molecule has 2 amide bonds. The standard InChI is InChI=1S/C27H33ClN2O6/c1-3-5-6-7-17-35-26(34)21-20-12-13-27(36-20)22(21)24(32)30(15-16-31)23(27)25(33)29(14-4-2)19-10-8-18(28)9-11-19/h3-4,8-11,20-23,31H,1-2,5-7,12-17H2/t20-,21+,22+,23?,27?/m1/s1. The Labute approximate surface area is 216 Å². The Morgan fingerprint density at radius 2 is 2.00 bits per heavy atom. The summed E-state index contributed by atoms with van der Waals surface area (Å²) in [6, 6.07) is 5.85. The summed E-state index contributed by atoms with van der Waals surface area (Å²) in [5.74, 6) is -2.76. The quantitative estimate of drug-likeness (QED) is 0.260. The maximum absolute atomic E-state index is 14.1. The smallest absolute Gasteiger partial charge is 0.312 e. The Balaban J connectivity index is 1.63. The summed E-state index contributed by atoms with van der Waals surface area (Å²) in [5.41, 5.74) is -0.546. The van der Waals surface area contributed by atoms with E-state index < -0.39 is 35.6 Å². The van der Waals surface area contributed by atoms with Crippen LogP contribution >= 0.6 is 11.6 Å². The number of allylic oxidation sites excluding steroid dienone is 1. The Hall–Kier alpha value is -2.68. The maximum Gasteiger partial charge on any atom is 0.312 e. The van der Waals surface area contributed by atoms with Gasteiger partial charge in [0.25, 0.3) is 5.91 Å². The fourth-order valence-corrected chi connectivity index (χ4v) is 6.05. The van der Waals surface area contributed by atoms with Crippen molar-refractivity contribution in [3.63, 3.8) is 0 Å². The van der Waals surface area contributed by atoms with Crippen molar-refractivity contribution in [2.24, 2.45) is 11.8 Å². The van der Waals surface area contributed by atoms with Gasteiger partial charge in [-0.25, -0.2) is 0 Å². The zero-order chi connectivity index (χ0) is 25.9. The van der Waals surface area contributed by atoms with Gasteiger partial charge in [0.1, 0.15) is 11.6 Å². The average molecular weight is 517 g/mol. The second kappa shape index (κ2) is 11.2. The van der Waals surface area contributed by atoms with Crippen LogP contribution in [-0.2, 0) is 23.9 Å². The van der Waals surface area contributed by atoms with E-state index in [-0.39, 0.29) is 38.1 Å². The molecule has 3 aliphatic rings. The molecule has 0 radical (unpaired) electrons. The van der Waals surface area contributed by atoms with Crippen LogP contribution in [-0.4, -0.2) is 71.8 Å². The number of esters is 1. The predicted molar refractivity (Wildman–Crippen MR) is 135 cm³/mol. The number of rotatable bonds is 12. The van der Waals surface area contributed by atoms with Crippen LogP contribution in [0.3, 0.4) is 0 Å². The molecule has 36 heavy (non-hydrogen) atoms. The molecule has 2 bridgehead atoms. The van der Waals surface area contributed by atoms with Crippen LogP contribution in [0.15, 0.2) is 49.6 Å². The van der Waals surface area contributed by atoms with Gasteiger partial charge in [-0.1, -0.05) is 23.8 Å². The van der Waals surface area contributed by atoms with Crippen molar-refractivity contribution >= 4 is 35.1 Å². The van der Waals surface area contributed by atoms with Gasteiger partial charge in [0.15, 0.2) is 0 Å². The molecule has 3 fully saturated rings. The number of anilines is 1. The predicted octanol–water partition coefficient (Wildman–Crippen LogP) is 3.13. The third-order valence-electron chi connectivity index (χ3n) is 7.41. The van der Waals surface area contributed by atoms with Crippen LogP contribution in [0.25, 0.3) is 0 Å². The second-order valence-electron chi connectivity index (χ2n) is 9.48. The molecule has 1 aromatic rings. The highest BCUT2D eigenvalue weighted by atomic mass is 35.5. The van der Waals surface area contributed by atoms with Gasteiger partial charge in [0.05, 0.1) is 31.2 Å². The number of carbonyl (C=O) groups excluding carboxylic acids is 3. The molecule has 8 nitrogen and oxygen atoms in total. The second-order valence-corrected chi connectivity index (χ2v) is 9.91. The zero-order valence-corrected chi connectivity index (χ0v) is 21.1. The molecule has 3 aliphatic heterocycles. The van der Waals surface area contributed by atoms with Crippen LogP contribution < -0.4 is 4.90 Å². The number of aliphatic hydroxyl groups excluding tert-OH is 1. The summed E-state index contributed by atoms with van der Waals surface area (Å²) in [7, 11) is 0. The van der Waals surface area contributed by atoms with Crippen LogP contribution in [0.2, 0.25) is 5.02 Å². The molecule has 5 atom stereocenters. The molecular formula is C27H33ClN2O6. The molecule has 4 rings (SSSR count). The topological polar surface area (TPSA) is 96.4 Å². The zero-order valence-electron chi connectivity index (χ0n) is 20.3. The van der Waals surface area contributed by atoms with E-state index in [1.807, 2.05) is 6.08 Å². The monoisotopic (exact) mass is 516 g/mol. The van der Waals surface area contributed by atoms with E-state index in [2.05, 4.69) is 13.2 Å². The molecule has 2 unspecified atom stereocenters. The van der Waals surface area contributed by atoms with Gasteiger partial charge < -0.3 is 24.4 Å². The highest BCUT2D eigenvalue weighted by molar-refractivity contribution is 6.30. The molecule has 0 aromatic heterocycles. The Bertz CT molecular complexity index is 1010. The number of hydrogen-bond donors (Lipinski definition) is 1. The van der Waals surface area contributed by atoms with Crippen molar-refractivity contribution in [2.45, 2.75) is 49.9 Å². The lowest BCUT2D eigenvalue weighted by Crippen LogP contribution is -2.56. The van der Waals surface area contributed by atoms with E-state index in [1.54, 1.807) is 30.3 Å². The number of likely N-dealkylation sites (tertiary alicyclic amines) is 1. The SMILES string of the molecule is C=CCCCCOC(=O)[C@@H]1[C@H]2C(=O)N(CCO)C(C(=O)N(CC=C)c3ccc(Cl)cc3)C23CC[C@H]1O3. The molecule has 3 saturated heterocycles. The summed E-state index contributed by atoms with van der Waals surface area (Å²) < 4.78 is 11.9. The van der Waals surface area contributed by atoms with Gasteiger partial charge in [0, 0.05) is 23.8 Å². The van der Waals surface area contributed by atoms with Gasteiger partial charge in [-0.2, -0.15) is 0 Å². The first-order valence-electron chi connectivity index (χ1n) is 12.4. The normalized spacial score (nSPS) is 28.2. The number of amides is 2. The van der Waals surface area contributed by atoms with Crippen molar-refractivity contribution in [3.8, 4) is 0 Å². The molecule has 0 saturated carbocycles. The van der Waals surface area contributed by atoms with E-state index in [9.17, 15) is 19.5 Å². The highest BCUT2D eigenvalue weighted by Crippen LogP contribution is 2.58. The lowest BCUT2D eigenvalue weighted by molar-refractivity contribution is -0.155. The van der Waals surface area contributed by atoms with Crippen molar-refractivity contribution < 1.29 is 29.0 Å². The van der Waals surface area contributed by atoms with Gasteiger partial charge >= 0.3 is 5.97 Å². The van der Waals surface area contributed by atoms with Crippen molar-refractivity contribution in [1.82, 2.24) is 4.90 Å². The van der Waals surface area contributed by atoms with E-state index >= 15 is 0 Å². The van der Waals surface area contributed by atoms with Crippen molar-refractivity contribution in [1.29, 1.82) is 0 Å². The average Bonchev–Trinajstić information content (AvgIpc) is 3.51. The molecule has 0 aliphatic carbocycles. The fourth-order valence-electron chi connectivity index (χ4n) is 5.93. The van der Waals surface area contributed by atoms with E-state index in [0.29, 0.717) is 30.0 Å². The summed E-state index contributed by atoms with van der Waals surface area (Å²) in [4.78, 5) is 43.8. The van der Waals surface area contributed by atoms with E-state index in [1.165, 1.54) is 9.80 Å². The fraction of sp³-hybridized carbons (Fsp3) is 0.519. The summed E-state index contributed by atoms with van der Waals surface area (Å²) in [6.07, 6.45) is 6.37. The summed E-state index contributed by atoms with van der Waals surface area (Å²) in [6.45, 7) is 7.58. The van der Waals surface area contributed by atoms with E-state index in [0.717, 1.165) is 12.8 Å². The minimum absolute atomic E-state index is 0.0343. The number of ether oxygens (including phenoxy) is 2. The molecule has 1 spiro atoms. The highest BCUT2D eigenvalue weighted by Gasteiger charge is 2.75. The minimum atomic E-state index is -1.15. The Morgan fingerprint density at radius 3 is 2.67 bits per heavy atom. The van der Waals surface area contributed by atoms with E-state index in [4.69, 9.17) is 21.1 Å². The van der Waals surface area contributed by atoms with Crippen LogP contribution in [0.4, 0.5) is 5.69 Å². The number of unbranched alkanes of at least 4 members (excludes halogenated alkanes) is 2. The van der Waals surface area contributed by atoms with Crippen LogP contribution in [0.5, 0.6) is 0 Å². The van der Waals surface area contributed by atoms with Crippen molar-refractivity contribution in [3.05, 3.63) is 54.6 Å². The number of aliphatic hydroxyl groups is 1. The number of β-amino-alcohol motifs (C(OH)–C–C–N with tert-alkyl or cyclic N) is 1. The number of benzene rings is 1. The third kappa shape index (κ3) is 4.58. The van der Waals surface area contributed by atoms with Crippen LogP contribution in [0, 0.1) is 11.8 Å². The Kier molecular flexibility index (Phi) is 8.17. The first-order valence-corrected chi connectivity index (χ1v) is 12.8. The molecule has 194 valence electrons. The van der Waals surface area contributed by atoms with Crippen LogP contribution in [0.1, 0.15) is 32.1 Å². The molecule has 9 heteroatoms. The van der Waals surface area contributed by atoms with Gasteiger partial charge in [-0.15, -0.1) is 13.2 Å². The van der Waals surface area contributed by atoms with Gasteiger partial charge in [0.2, 0.25) is 5.91 Å². The van der Waals surface area contributed by atoms with Gasteiger partial charge in [-0.05, 0) is 56.4 Å². The largest absolute Gasteiger partial charge is 0.465 e. The summed E-state index contributed by atoms with van der Waals surface area (Å²) >= 11 is 6.04. The first kappa shape index (κ1) is 26.4. The van der Waals surface area contributed by atoms with Gasteiger partial charge in [-0.3, -0.25) is 14.4 Å². The first-order chi connectivity index (χ1) is 17.4. The molecular weight excluding hydrogens is 484 g/mol. The molecule has 3 heterocycles. The van der Waals surface area contributed by atoms with Crippen molar-refractivity contribution in [2.75, 3.05) is 31.2 Å². The molecule has 1 aromatic carbocycles. The summed E-state index contributed by atoms with van der Waals surface area (Å²) in [5, 5.41) is 10.3. The number of hydrogen-bond acceptors (Lipinski definition) is 6. The molecule has 1 N–H and O–H groups in total.